The lowest BCUT2D eigenvalue weighted by molar-refractivity contribution is -0.173. The van der Waals surface area contributed by atoms with Crippen molar-refractivity contribution < 1.29 is 26.3 Å². The van der Waals surface area contributed by atoms with Gasteiger partial charge in [-0.05, 0) is 24.6 Å². The molecule has 20 heavy (non-hydrogen) atoms. The molecule has 0 bridgehead atoms. The Bertz CT molecular complexity index is 561. The van der Waals surface area contributed by atoms with Crippen molar-refractivity contribution in [3.63, 3.8) is 0 Å². The lowest BCUT2D eigenvalue weighted by Crippen LogP contribution is -2.18. The number of hydrogen-bond donors (Lipinski definition) is 1. The average molecular weight is 376 g/mol. The van der Waals surface area contributed by atoms with Crippen LogP contribution < -0.4 is 5.73 Å². The maximum absolute atomic E-state index is 12.0. The van der Waals surface area contributed by atoms with E-state index in [4.69, 9.17) is 5.73 Å². The Morgan fingerprint density at radius 3 is 2.55 bits per heavy atom. The van der Waals surface area contributed by atoms with Crippen LogP contribution in [0.2, 0.25) is 0 Å². The smallest absolute Gasteiger partial charge is 0.398 e. The highest BCUT2D eigenvalue weighted by atomic mass is 79.9. The molecule has 1 aromatic carbocycles. The van der Waals surface area contributed by atoms with Crippen molar-refractivity contribution in [2.75, 3.05) is 24.7 Å². The van der Waals surface area contributed by atoms with Gasteiger partial charge in [0.05, 0.1) is 16.3 Å². The largest absolute Gasteiger partial charge is 0.411 e. The molecule has 0 saturated heterocycles. The van der Waals surface area contributed by atoms with Crippen molar-refractivity contribution in [1.29, 1.82) is 0 Å². The molecular formula is C11H13BrF3NO3S. The lowest BCUT2D eigenvalue weighted by atomic mass is 10.3. The fourth-order valence-electron chi connectivity index (χ4n) is 1.43. The molecule has 2 N–H and O–H groups in total. The molecule has 0 fully saturated rings. The van der Waals surface area contributed by atoms with Crippen LogP contribution in [0.15, 0.2) is 27.6 Å². The summed E-state index contributed by atoms with van der Waals surface area (Å²) in [4.78, 5) is -0.0392. The Kier molecular flexibility index (Phi) is 5.84. The molecule has 0 aliphatic heterocycles. The number of nitrogens with two attached hydrogens (primary N) is 1. The molecule has 0 radical (unpaired) electrons. The third-order valence-corrected chi connectivity index (χ3v) is 4.62. The predicted molar refractivity (Wildman–Crippen MR) is 72.1 cm³/mol. The van der Waals surface area contributed by atoms with E-state index in [9.17, 15) is 21.6 Å². The molecule has 0 spiro atoms. The number of rotatable bonds is 6. The van der Waals surface area contributed by atoms with Crippen molar-refractivity contribution in [2.24, 2.45) is 0 Å². The molecule has 1 aromatic rings. The van der Waals surface area contributed by atoms with Gasteiger partial charge in [0, 0.05) is 11.1 Å². The lowest BCUT2D eigenvalue weighted by Gasteiger charge is -2.09. The second kappa shape index (κ2) is 6.77. The number of benzene rings is 1. The van der Waals surface area contributed by atoms with Gasteiger partial charge in [-0.3, -0.25) is 0 Å². The molecule has 0 aliphatic rings. The monoisotopic (exact) mass is 375 g/mol. The van der Waals surface area contributed by atoms with Crippen LogP contribution in [0.5, 0.6) is 0 Å². The Labute approximate surface area is 123 Å². The summed E-state index contributed by atoms with van der Waals surface area (Å²) < 4.78 is 64.3. The van der Waals surface area contributed by atoms with Gasteiger partial charge in [-0.1, -0.05) is 15.9 Å². The van der Waals surface area contributed by atoms with Gasteiger partial charge in [0.15, 0.2) is 9.84 Å². The van der Waals surface area contributed by atoms with Crippen LogP contribution in [-0.2, 0) is 14.6 Å². The van der Waals surface area contributed by atoms with Gasteiger partial charge in [0.1, 0.15) is 6.61 Å². The Morgan fingerprint density at radius 2 is 1.95 bits per heavy atom. The summed E-state index contributed by atoms with van der Waals surface area (Å²) in [5.74, 6) is -0.328. The van der Waals surface area contributed by atoms with E-state index in [1.807, 2.05) is 0 Å². The number of ether oxygens (including phenoxy) is 1. The topological polar surface area (TPSA) is 69.4 Å². The highest BCUT2D eigenvalue weighted by molar-refractivity contribution is 9.10. The fraction of sp³-hybridized carbons (Fsp3) is 0.455. The average Bonchev–Trinajstić information content (AvgIpc) is 2.30. The normalized spacial score (nSPS) is 12.6. The van der Waals surface area contributed by atoms with Crippen molar-refractivity contribution in [3.8, 4) is 0 Å². The van der Waals surface area contributed by atoms with Crippen LogP contribution in [0.4, 0.5) is 18.9 Å². The van der Waals surface area contributed by atoms with E-state index in [2.05, 4.69) is 20.7 Å². The number of halogens is 4. The Balaban J connectivity index is 2.56. The first-order valence-electron chi connectivity index (χ1n) is 5.54. The van der Waals surface area contributed by atoms with E-state index in [0.717, 1.165) is 0 Å². The van der Waals surface area contributed by atoms with Gasteiger partial charge in [0.25, 0.3) is 0 Å². The predicted octanol–water partition coefficient (Wildman–Crippen LogP) is 2.77. The number of nitrogen functional groups attached to an aromatic ring is 1. The van der Waals surface area contributed by atoms with Crippen LogP contribution >= 0.6 is 15.9 Å². The minimum Gasteiger partial charge on any atom is -0.398 e. The van der Waals surface area contributed by atoms with Crippen LogP contribution in [-0.4, -0.2) is 33.6 Å². The fourth-order valence-corrected chi connectivity index (χ4v) is 3.39. The molecule has 0 unspecified atom stereocenters. The van der Waals surface area contributed by atoms with Crippen LogP contribution in [0.25, 0.3) is 0 Å². The highest BCUT2D eigenvalue weighted by Crippen LogP contribution is 2.24. The van der Waals surface area contributed by atoms with Gasteiger partial charge in [-0.2, -0.15) is 13.2 Å². The molecule has 1 rings (SSSR count). The quantitative estimate of drug-likeness (QED) is 0.613. The number of sulfone groups is 1. The zero-order chi connectivity index (χ0) is 15.4. The molecule has 0 saturated carbocycles. The number of anilines is 1. The van der Waals surface area contributed by atoms with E-state index in [0.29, 0.717) is 4.47 Å². The summed E-state index contributed by atoms with van der Waals surface area (Å²) in [6, 6.07) is 4.40. The first-order chi connectivity index (χ1) is 9.12. The van der Waals surface area contributed by atoms with E-state index >= 15 is 0 Å². The van der Waals surface area contributed by atoms with Gasteiger partial charge >= 0.3 is 6.18 Å². The molecule has 9 heteroatoms. The number of alkyl halides is 3. The third kappa shape index (κ3) is 5.68. The van der Waals surface area contributed by atoms with E-state index < -0.39 is 22.6 Å². The Hall–Kier alpha value is -0.800. The molecule has 0 aromatic heterocycles. The summed E-state index contributed by atoms with van der Waals surface area (Å²) in [7, 11) is -3.65. The summed E-state index contributed by atoms with van der Waals surface area (Å²) >= 11 is 3.13. The van der Waals surface area contributed by atoms with Gasteiger partial charge in [-0.25, -0.2) is 8.42 Å². The standard InChI is InChI=1S/C11H13BrF3NO3S/c12-8-2-3-9(16)10(6-8)20(17,18)5-1-4-19-7-11(13,14)15/h2-3,6H,1,4-5,7,16H2. The van der Waals surface area contributed by atoms with Crippen molar-refractivity contribution in [3.05, 3.63) is 22.7 Å². The Morgan fingerprint density at radius 1 is 1.30 bits per heavy atom. The van der Waals surface area contributed by atoms with Gasteiger partial charge < -0.3 is 10.5 Å². The van der Waals surface area contributed by atoms with Crippen LogP contribution in [0.3, 0.4) is 0 Å². The zero-order valence-corrected chi connectivity index (χ0v) is 12.7. The third-order valence-electron chi connectivity index (χ3n) is 2.28. The molecule has 114 valence electrons. The summed E-state index contributed by atoms with van der Waals surface area (Å²) in [5, 5.41) is 0. The summed E-state index contributed by atoms with van der Waals surface area (Å²) in [5.41, 5.74) is 5.68. The molecule has 0 aliphatic carbocycles. The molecular weight excluding hydrogens is 363 g/mol. The van der Waals surface area contributed by atoms with Crippen molar-refractivity contribution in [1.82, 2.24) is 0 Å². The van der Waals surface area contributed by atoms with E-state index in [1.165, 1.54) is 12.1 Å². The minimum atomic E-state index is -4.41. The molecule has 4 nitrogen and oxygen atoms in total. The van der Waals surface area contributed by atoms with Gasteiger partial charge in [-0.15, -0.1) is 0 Å². The second-order valence-electron chi connectivity index (χ2n) is 4.02. The SMILES string of the molecule is Nc1ccc(Br)cc1S(=O)(=O)CCCOCC(F)(F)F. The van der Waals surface area contributed by atoms with Gasteiger partial charge in [0.2, 0.25) is 0 Å². The summed E-state index contributed by atoms with van der Waals surface area (Å²) in [6.07, 6.45) is -4.45. The van der Waals surface area contributed by atoms with Crippen LogP contribution in [0.1, 0.15) is 6.42 Å². The zero-order valence-electron chi connectivity index (χ0n) is 10.3. The molecule has 0 amide bonds. The molecule has 0 atom stereocenters. The minimum absolute atomic E-state index is 0.0373. The first-order valence-corrected chi connectivity index (χ1v) is 7.98. The van der Waals surface area contributed by atoms with Crippen molar-refractivity contribution >= 4 is 31.5 Å². The summed E-state index contributed by atoms with van der Waals surface area (Å²) in [6.45, 7) is -1.67. The first kappa shape index (κ1) is 17.3. The number of hydrogen-bond acceptors (Lipinski definition) is 4. The van der Waals surface area contributed by atoms with E-state index in [1.54, 1.807) is 6.07 Å². The maximum atomic E-state index is 12.0. The maximum Gasteiger partial charge on any atom is 0.411 e. The molecule has 0 heterocycles. The van der Waals surface area contributed by atoms with Crippen molar-refractivity contribution in [2.45, 2.75) is 17.5 Å². The van der Waals surface area contributed by atoms with Crippen LogP contribution in [0, 0.1) is 0 Å². The van der Waals surface area contributed by atoms with E-state index in [-0.39, 0.29) is 29.4 Å². The second-order valence-corrected chi connectivity index (χ2v) is 7.02. The highest BCUT2D eigenvalue weighted by Gasteiger charge is 2.27.